The van der Waals surface area contributed by atoms with Crippen LogP contribution in [0, 0.1) is 0 Å². The van der Waals surface area contributed by atoms with Gasteiger partial charge in [0.15, 0.2) is 5.13 Å². The summed E-state index contributed by atoms with van der Waals surface area (Å²) in [6, 6.07) is 7.35. The standard InChI is InChI=1S/C16H21N3OS/c1-10(2)12-5-7-13(8-6-12)19(15(17)20)16-18-9-14(21-16)11(3)4/h5-11H,1-4H3,(H2,17,20). The van der Waals surface area contributed by atoms with Crippen molar-refractivity contribution in [1.82, 2.24) is 4.98 Å². The molecule has 1 aromatic carbocycles. The van der Waals surface area contributed by atoms with Gasteiger partial charge in [-0.1, -0.05) is 39.8 Å². The Morgan fingerprint density at radius 1 is 1.14 bits per heavy atom. The molecule has 0 saturated heterocycles. The Morgan fingerprint density at radius 3 is 2.19 bits per heavy atom. The van der Waals surface area contributed by atoms with E-state index >= 15 is 0 Å². The first-order valence-corrected chi connectivity index (χ1v) is 7.87. The quantitative estimate of drug-likeness (QED) is 0.896. The zero-order chi connectivity index (χ0) is 15.6. The molecule has 2 amide bonds. The van der Waals surface area contributed by atoms with Crippen LogP contribution in [0.5, 0.6) is 0 Å². The molecule has 0 fully saturated rings. The maximum Gasteiger partial charge on any atom is 0.325 e. The molecule has 5 heteroatoms. The average molecular weight is 303 g/mol. The molecule has 0 spiro atoms. The summed E-state index contributed by atoms with van der Waals surface area (Å²) in [4.78, 5) is 18.7. The molecule has 0 bridgehead atoms. The molecule has 0 aliphatic rings. The fraction of sp³-hybridized carbons (Fsp3) is 0.375. The average Bonchev–Trinajstić information content (AvgIpc) is 2.88. The summed E-state index contributed by atoms with van der Waals surface area (Å²) >= 11 is 1.50. The molecule has 112 valence electrons. The number of urea groups is 1. The van der Waals surface area contributed by atoms with Crippen LogP contribution in [0.3, 0.4) is 0 Å². The fourth-order valence-electron chi connectivity index (χ4n) is 1.99. The topological polar surface area (TPSA) is 59.2 Å². The molecule has 2 rings (SSSR count). The molecule has 0 saturated carbocycles. The van der Waals surface area contributed by atoms with Crippen LogP contribution in [0.4, 0.5) is 15.6 Å². The Labute approximate surface area is 129 Å². The minimum absolute atomic E-state index is 0.384. The van der Waals surface area contributed by atoms with E-state index in [-0.39, 0.29) is 0 Å². The number of carbonyl (C=O) groups excluding carboxylic acids is 1. The first kappa shape index (κ1) is 15.5. The first-order valence-electron chi connectivity index (χ1n) is 7.05. The Bertz CT molecular complexity index is 617. The fourth-order valence-corrected chi connectivity index (χ4v) is 2.93. The molecule has 0 radical (unpaired) electrons. The Morgan fingerprint density at radius 2 is 1.76 bits per heavy atom. The second-order valence-corrected chi connectivity index (χ2v) is 6.66. The molecule has 1 aromatic heterocycles. The second kappa shape index (κ2) is 6.26. The summed E-state index contributed by atoms with van der Waals surface area (Å²) in [5, 5.41) is 0.614. The lowest BCUT2D eigenvalue weighted by Crippen LogP contribution is -2.31. The van der Waals surface area contributed by atoms with E-state index in [1.165, 1.54) is 21.8 Å². The normalized spacial score (nSPS) is 11.1. The van der Waals surface area contributed by atoms with Crippen LogP contribution in [0.25, 0.3) is 0 Å². The highest BCUT2D eigenvalue weighted by molar-refractivity contribution is 7.15. The van der Waals surface area contributed by atoms with Gasteiger partial charge in [0.2, 0.25) is 0 Å². The van der Waals surface area contributed by atoms with Crippen molar-refractivity contribution in [2.45, 2.75) is 39.5 Å². The van der Waals surface area contributed by atoms with Crippen molar-refractivity contribution in [1.29, 1.82) is 0 Å². The van der Waals surface area contributed by atoms with Crippen LogP contribution in [0.2, 0.25) is 0 Å². The molecular weight excluding hydrogens is 282 g/mol. The van der Waals surface area contributed by atoms with Gasteiger partial charge in [0.05, 0.1) is 5.69 Å². The van der Waals surface area contributed by atoms with Crippen LogP contribution < -0.4 is 10.6 Å². The van der Waals surface area contributed by atoms with Crippen LogP contribution in [0.1, 0.15) is 50.0 Å². The lowest BCUT2D eigenvalue weighted by Gasteiger charge is -2.18. The molecule has 0 aliphatic carbocycles. The summed E-state index contributed by atoms with van der Waals surface area (Å²) in [6.45, 7) is 8.47. The van der Waals surface area contributed by atoms with E-state index in [0.29, 0.717) is 17.0 Å². The van der Waals surface area contributed by atoms with E-state index in [9.17, 15) is 4.79 Å². The summed E-state index contributed by atoms with van der Waals surface area (Å²) in [5.74, 6) is 0.836. The maximum absolute atomic E-state index is 11.8. The second-order valence-electron chi connectivity index (χ2n) is 5.62. The van der Waals surface area contributed by atoms with Crippen LogP contribution in [0.15, 0.2) is 30.5 Å². The predicted octanol–water partition coefficient (Wildman–Crippen LogP) is 4.61. The smallest absolute Gasteiger partial charge is 0.325 e. The summed E-state index contributed by atoms with van der Waals surface area (Å²) in [5.41, 5.74) is 7.51. The van der Waals surface area contributed by atoms with Gasteiger partial charge in [-0.15, -0.1) is 11.3 Å². The van der Waals surface area contributed by atoms with E-state index < -0.39 is 6.03 Å². The lowest BCUT2D eigenvalue weighted by molar-refractivity contribution is 0.256. The van der Waals surface area contributed by atoms with Crippen molar-refractivity contribution in [3.05, 3.63) is 40.9 Å². The third kappa shape index (κ3) is 3.42. The van der Waals surface area contributed by atoms with Gasteiger partial charge in [-0.25, -0.2) is 14.7 Å². The van der Waals surface area contributed by atoms with Crippen molar-refractivity contribution >= 4 is 28.2 Å². The summed E-state index contributed by atoms with van der Waals surface area (Å²) < 4.78 is 0. The molecule has 2 N–H and O–H groups in total. The molecule has 0 atom stereocenters. The number of primary amides is 1. The number of amides is 2. The van der Waals surface area contributed by atoms with Crippen molar-refractivity contribution in [3.63, 3.8) is 0 Å². The third-order valence-electron chi connectivity index (χ3n) is 3.31. The van der Waals surface area contributed by atoms with Gasteiger partial charge in [-0.05, 0) is 29.5 Å². The van der Waals surface area contributed by atoms with E-state index in [1.807, 2.05) is 30.5 Å². The van der Waals surface area contributed by atoms with Gasteiger partial charge in [0.25, 0.3) is 0 Å². The highest BCUT2D eigenvalue weighted by atomic mass is 32.1. The van der Waals surface area contributed by atoms with Crippen LogP contribution in [-0.4, -0.2) is 11.0 Å². The monoisotopic (exact) mass is 303 g/mol. The molecule has 0 aliphatic heterocycles. The third-order valence-corrected chi connectivity index (χ3v) is 4.59. The van der Waals surface area contributed by atoms with Crippen molar-refractivity contribution in [2.75, 3.05) is 4.90 Å². The minimum atomic E-state index is -0.517. The van der Waals surface area contributed by atoms with Crippen LogP contribution in [-0.2, 0) is 0 Å². The summed E-state index contributed by atoms with van der Waals surface area (Å²) in [7, 11) is 0. The highest BCUT2D eigenvalue weighted by Gasteiger charge is 2.19. The number of hydrogen-bond acceptors (Lipinski definition) is 3. The zero-order valence-corrected chi connectivity index (χ0v) is 13.6. The molecule has 21 heavy (non-hydrogen) atoms. The number of rotatable bonds is 4. The Hall–Kier alpha value is -1.88. The van der Waals surface area contributed by atoms with Gasteiger partial charge in [-0.3, -0.25) is 0 Å². The highest BCUT2D eigenvalue weighted by Crippen LogP contribution is 2.33. The van der Waals surface area contributed by atoms with E-state index in [4.69, 9.17) is 5.73 Å². The zero-order valence-electron chi connectivity index (χ0n) is 12.8. The SMILES string of the molecule is CC(C)c1ccc(N(C(N)=O)c2ncc(C(C)C)s2)cc1. The number of benzene rings is 1. The van der Waals surface area contributed by atoms with E-state index in [1.54, 1.807) is 0 Å². The number of carbonyl (C=O) groups is 1. The van der Waals surface area contributed by atoms with Gasteiger partial charge in [-0.2, -0.15) is 0 Å². The number of aromatic nitrogens is 1. The number of thiazole rings is 1. The van der Waals surface area contributed by atoms with Crippen LogP contribution >= 0.6 is 11.3 Å². The number of anilines is 2. The van der Waals surface area contributed by atoms with Crippen molar-refractivity contribution < 1.29 is 4.79 Å². The number of nitrogens with zero attached hydrogens (tertiary/aromatic N) is 2. The molecule has 1 heterocycles. The predicted molar refractivity (Wildman–Crippen MR) is 88.5 cm³/mol. The number of hydrogen-bond donors (Lipinski definition) is 1. The van der Waals surface area contributed by atoms with Gasteiger partial charge < -0.3 is 5.73 Å². The summed E-state index contributed by atoms with van der Waals surface area (Å²) in [6.07, 6.45) is 1.81. The van der Waals surface area contributed by atoms with E-state index in [2.05, 4.69) is 32.7 Å². The lowest BCUT2D eigenvalue weighted by atomic mass is 10.0. The first-order chi connectivity index (χ1) is 9.90. The Kier molecular flexibility index (Phi) is 4.63. The van der Waals surface area contributed by atoms with Gasteiger partial charge in [0, 0.05) is 11.1 Å². The van der Waals surface area contributed by atoms with E-state index in [0.717, 1.165) is 10.6 Å². The largest absolute Gasteiger partial charge is 0.351 e. The Balaban J connectivity index is 2.36. The number of nitrogens with two attached hydrogens (primary N) is 1. The molecule has 0 unspecified atom stereocenters. The molecular formula is C16H21N3OS. The van der Waals surface area contributed by atoms with Crippen molar-refractivity contribution in [3.8, 4) is 0 Å². The molecule has 2 aromatic rings. The maximum atomic E-state index is 11.8. The molecule has 4 nitrogen and oxygen atoms in total. The van der Waals surface area contributed by atoms with Gasteiger partial charge >= 0.3 is 6.03 Å². The van der Waals surface area contributed by atoms with Gasteiger partial charge in [0.1, 0.15) is 0 Å². The minimum Gasteiger partial charge on any atom is -0.351 e. The van der Waals surface area contributed by atoms with Crippen molar-refractivity contribution in [2.24, 2.45) is 5.73 Å².